The minimum atomic E-state index is 0.515. The number of hydrogen-bond donors (Lipinski definition) is 0. The average Bonchev–Trinajstić information content (AvgIpc) is 3.91. The Bertz CT molecular complexity index is 3980. The smallest absolute Gasteiger partial charge is 0.248 e. The fourth-order valence-electron chi connectivity index (χ4n) is 10.2. The van der Waals surface area contributed by atoms with E-state index >= 15 is 0 Å². The van der Waals surface area contributed by atoms with Gasteiger partial charge >= 0.3 is 0 Å². The third-order valence-corrected chi connectivity index (χ3v) is 12.7. The van der Waals surface area contributed by atoms with Crippen LogP contribution in [0.5, 0.6) is 0 Å². The first-order valence-corrected chi connectivity index (χ1v) is 20.1. The normalized spacial score (nSPS) is 12.4. The predicted octanol–water partition coefficient (Wildman–Crippen LogP) is 14.2. The second kappa shape index (κ2) is 11.3. The van der Waals surface area contributed by atoms with E-state index in [-0.39, 0.29) is 0 Å². The van der Waals surface area contributed by atoms with E-state index in [1.165, 1.54) is 60.5 Å². The minimum Gasteiger partial charge on any atom is -0.436 e. The lowest BCUT2D eigenvalue weighted by molar-refractivity contribution is 0.652. The molecule has 0 atom stereocenters. The third-order valence-electron chi connectivity index (χ3n) is 12.7. The number of fused-ring (bicyclic) bond motifs is 17. The van der Waals surface area contributed by atoms with Gasteiger partial charge in [-0.15, -0.1) is 0 Å². The summed E-state index contributed by atoms with van der Waals surface area (Å²) in [6.07, 6.45) is 0. The molecule has 0 bridgehead atoms. The second-order valence-electron chi connectivity index (χ2n) is 15.7. The minimum absolute atomic E-state index is 0.515. The summed E-state index contributed by atoms with van der Waals surface area (Å²) in [5.41, 5.74) is 14.5. The van der Waals surface area contributed by atoms with Gasteiger partial charge in [0.2, 0.25) is 5.71 Å². The van der Waals surface area contributed by atoms with Crippen LogP contribution in [0.25, 0.3) is 132 Å². The van der Waals surface area contributed by atoms with Crippen molar-refractivity contribution in [3.05, 3.63) is 182 Å². The third kappa shape index (κ3) is 4.08. The van der Waals surface area contributed by atoms with Crippen LogP contribution in [0.2, 0.25) is 0 Å². The molecule has 9 aromatic carbocycles. The lowest BCUT2D eigenvalue weighted by Crippen LogP contribution is -2.03. The first-order valence-electron chi connectivity index (χ1n) is 20.1. The Morgan fingerprint density at radius 3 is 1.85 bits per heavy atom. The predicted molar refractivity (Wildman–Crippen MR) is 243 cm³/mol. The van der Waals surface area contributed by atoms with Crippen LogP contribution in [-0.4, -0.2) is 19.1 Å². The molecule has 14 rings (SSSR count). The highest BCUT2D eigenvalue weighted by Gasteiger charge is 2.27. The number of hydrogen-bond acceptors (Lipinski definition) is 3. The Hall–Kier alpha value is -8.02. The largest absolute Gasteiger partial charge is 0.436 e. The van der Waals surface area contributed by atoms with Crippen LogP contribution in [-0.2, 0) is 0 Å². The van der Waals surface area contributed by atoms with Crippen molar-refractivity contribution in [2.45, 2.75) is 0 Å². The van der Waals surface area contributed by atoms with Crippen LogP contribution in [0.15, 0.2) is 186 Å². The zero-order valence-electron chi connectivity index (χ0n) is 31.5. The summed E-state index contributed by atoms with van der Waals surface area (Å²) in [5, 5.41) is 10.3. The molecule has 59 heavy (non-hydrogen) atoms. The van der Waals surface area contributed by atoms with E-state index in [4.69, 9.17) is 14.4 Å². The molecular formula is C54H30N4O. The van der Waals surface area contributed by atoms with Gasteiger partial charge in [0.1, 0.15) is 16.8 Å². The molecule has 0 spiro atoms. The zero-order valence-corrected chi connectivity index (χ0v) is 31.5. The van der Waals surface area contributed by atoms with E-state index in [0.717, 1.165) is 66.1 Å². The van der Waals surface area contributed by atoms with Crippen molar-refractivity contribution >= 4 is 87.4 Å². The molecule has 272 valence electrons. The molecule has 5 heteroatoms. The van der Waals surface area contributed by atoms with Crippen molar-refractivity contribution < 1.29 is 4.42 Å². The van der Waals surface area contributed by atoms with E-state index in [1.54, 1.807) is 0 Å². The highest BCUT2D eigenvalue weighted by Crippen LogP contribution is 2.48. The summed E-state index contributed by atoms with van der Waals surface area (Å²) in [5.74, 6) is 0.729. The number of rotatable bonds is 2. The van der Waals surface area contributed by atoms with Crippen LogP contribution in [0.4, 0.5) is 0 Å². The van der Waals surface area contributed by atoms with Crippen LogP contribution >= 0.6 is 0 Å². The van der Waals surface area contributed by atoms with E-state index in [1.807, 2.05) is 18.2 Å². The van der Waals surface area contributed by atoms with Crippen molar-refractivity contribution in [1.82, 2.24) is 19.1 Å². The van der Waals surface area contributed by atoms with Gasteiger partial charge in [-0.05, 0) is 75.1 Å². The van der Waals surface area contributed by atoms with Crippen LogP contribution in [0.3, 0.4) is 0 Å². The topological polar surface area (TPSA) is 48.8 Å². The van der Waals surface area contributed by atoms with Crippen molar-refractivity contribution in [3.8, 4) is 45.0 Å². The molecule has 0 aliphatic carbocycles. The molecule has 0 fully saturated rings. The molecule has 1 aliphatic heterocycles. The molecule has 0 saturated heterocycles. The molecule has 5 nitrogen and oxygen atoms in total. The summed E-state index contributed by atoms with van der Waals surface area (Å²) < 4.78 is 11.3. The number of nitrogens with zero attached hydrogens (tertiary/aromatic N) is 4. The maximum absolute atomic E-state index is 6.51. The van der Waals surface area contributed by atoms with Crippen molar-refractivity contribution in [1.29, 1.82) is 0 Å². The van der Waals surface area contributed by atoms with E-state index in [9.17, 15) is 0 Å². The van der Waals surface area contributed by atoms with Gasteiger partial charge in [-0.2, -0.15) is 4.98 Å². The Kier molecular flexibility index (Phi) is 5.96. The molecular weight excluding hydrogens is 721 g/mol. The van der Waals surface area contributed by atoms with E-state index in [0.29, 0.717) is 5.71 Å². The van der Waals surface area contributed by atoms with Gasteiger partial charge in [-0.1, -0.05) is 140 Å². The van der Waals surface area contributed by atoms with Gasteiger partial charge in [-0.3, -0.25) is 4.57 Å². The van der Waals surface area contributed by atoms with E-state index in [2.05, 4.69) is 173 Å². The molecule has 5 heterocycles. The van der Waals surface area contributed by atoms with Crippen LogP contribution < -0.4 is 0 Å². The first kappa shape index (κ1) is 31.1. The Labute approximate surface area is 336 Å². The molecule has 13 aromatic rings. The fourth-order valence-corrected chi connectivity index (χ4v) is 10.2. The van der Waals surface area contributed by atoms with Crippen molar-refractivity contribution in [2.24, 2.45) is 0 Å². The standard InChI is InChI=1S/C54H30N4O/c1-2-15-32-31(14-1)28-44(36-19-6-3-16-33(32)36)50-53(56-54-51(55-50)41-22-9-12-27-49(41)59-54)58-46-26-11-8-21-38(46)42-29-47-43(30-48(42)58)40-24-13-23-39-35-18-5-4-17-34(35)37-20-7-10-25-45(37)57(47)52(39)40/h1-30H. The molecule has 4 aromatic heterocycles. The van der Waals surface area contributed by atoms with Crippen molar-refractivity contribution in [3.63, 3.8) is 0 Å². The van der Waals surface area contributed by atoms with Crippen LogP contribution in [0.1, 0.15) is 0 Å². The summed E-state index contributed by atoms with van der Waals surface area (Å²) in [6.45, 7) is 0. The van der Waals surface area contributed by atoms with Gasteiger partial charge < -0.3 is 8.98 Å². The van der Waals surface area contributed by atoms with Gasteiger partial charge in [0.25, 0.3) is 0 Å². The molecule has 0 unspecified atom stereocenters. The average molecular weight is 751 g/mol. The van der Waals surface area contributed by atoms with Gasteiger partial charge in [0, 0.05) is 43.6 Å². The van der Waals surface area contributed by atoms with E-state index < -0.39 is 0 Å². The summed E-state index contributed by atoms with van der Waals surface area (Å²) in [7, 11) is 0. The molecule has 1 aliphatic rings. The number of para-hydroxylation sites is 4. The molecule has 0 saturated carbocycles. The van der Waals surface area contributed by atoms with Gasteiger partial charge in [-0.25, -0.2) is 4.98 Å². The molecule has 0 radical (unpaired) electrons. The lowest BCUT2D eigenvalue weighted by atomic mass is 9.94. The summed E-state index contributed by atoms with van der Waals surface area (Å²) >= 11 is 0. The lowest BCUT2D eigenvalue weighted by Gasteiger charge is -2.15. The number of furan rings is 1. The summed E-state index contributed by atoms with van der Waals surface area (Å²) in [4.78, 5) is 11.1. The Balaban J connectivity index is 1.16. The Morgan fingerprint density at radius 2 is 0.983 bits per heavy atom. The van der Waals surface area contributed by atoms with Crippen LogP contribution in [0, 0.1) is 0 Å². The quantitative estimate of drug-likeness (QED) is 0.165. The Morgan fingerprint density at radius 1 is 0.373 bits per heavy atom. The van der Waals surface area contributed by atoms with Gasteiger partial charge in [0.05, 0.1) is 27.8 Å². The highest BCUT2D eigenvalue weighted by atomic mass is 16.3. The molecule has 0 amide bonds. The zero-order chi connectivity index (χ0) is 38.3. The summed E-state index contributed by atoms with van der Waals surface area (Å²) in [6, 6.07) is 65.5. The molecule has 0 N–H and O–H groups in total. The monoisotopic (exact) mass is 750 g/mol. The maximum Gasteiger partial charge on any atom is 0.248 e. The highest BCUT2D eigenvalue weighted by molar-refractivity contribution is 6.22. The SMILES string of the molecule is c1ccc2c(c1)-c1ccccc1-n1c3cc4c5ccccc5n(-c5nc6oc7ccccc7c6nc5-c5cc6ccccc6c6ccccc56)c4cc3c3cccc-2c31. The maximum atomic E-state index is 6.51. The number of benzene rings is 9. The first-order chi connectivity index (χ1) is 29.3. The second-order valence-corrected chi connectivity index (χ2v) is 15.7. The fraction of sp³-hybridized carbons (Fsp3) is 0. The number of aromatic nitrogens is 4. The van der Waals surface area contributed by atoms with Crippen molar-refractivity contribution in [2.75, 3.05) is 0 Å². The van der Waals surface area contributed by atoms with Gasteiger partial charge in [0.15, 0.2) is 5.82 Å².